The second kappa shape index (κ2) is 7.89. The highest BCUT2D eigenvalue weighted by molar-refractivity contribution is 9.10. The zero-order chi connectivity index (χ0) is 19.7. The number of ketones is 1. The van der Waals surface area contributed by atoms with Crippen molar-refractivity contribution in [1.82, 2.24) is 4.90 Å². The van der Waals surface area contributed by atoms with E-state index in [2.05, 4.69) is 15.9 Å². The summed E-state index contributed by atoms with van der Waals surface area (Å²) >= 11 is 3.42. The predicted molar refractivity (Wildman–Crippen MR) is 109 cm³/mol. The molecular formula is C22H20BrNO4. The molecule has 2 aromatic rings. The summed E-state index contributed by atoms with van der Waals surface area (Å²) in [5.41, 5.74) is 1.41. The van der Waals surface area contributed by atoms with E-state index in [1.807, 2.05) is 30.3 Å². The summed E-state index contributed by atoms with van der Waals surface area (Å²) in [6.07, 6.45) is 1.71. The molecule has 144 valence electrons. The summed E-state index contributed by atoms with van der Waals surface area (Å²) < 4.78 is 6.59. The average molecular weight is 442 g/mol. The number of halogens is 1. The Morgan fingerprint density at radius 3 is 2.46 bits per heavy atom. The van der Waals surface area contributed by atoms with Gasteiger partial charge in [0.25, 0.3) is 11.7 Å². The van der Waals surface area contributed by atoms with Crippen LogP contribution in [0.3, 0.4) is 0 Å². The summed E-state index contributed by atoms with van der Waals surface area (Å²) in [5, 5.41) is 10.9. The SMILES string of the molecule is O=C1C(=O)N(C[C@H]2CCCO2)[C@@H](c2ccc(Br)cc2)/C1=C(\O)c1ccccc1. The van der Waals surface area contributed by atoms with Gasteiger partial charge in [-0.2, -0.15) is 0 Å². The monoisotopic (exact) mass is 441 g/mol. The molecule has 0 spiro atoms. The van der Waals surface area contributed by atoms with Crippen molar-refractivity contribution < 1.29 is 19.4 Å². The lowest BCUT2D eigenvalue weighted by atomic mass is 9.95. The molecule has 2 aliphatic rings. The lowest BCUT2D eigenvalue weighted by molar-refractivity contribution is -0.140. The van der Waals surface area contributed by atoms with E-state index in [-0.39, 0.29) is 17.4 Å². The number of carbonyl (C=O) groups excluding carboxylic acids is 2. The summed E-state index contributed by atoms with van der Waals surface area (Å²) in [5.74, 6) is -1.41. The number of carbonyl (C=O) groups is 2. The molecule has 1 N–H and O–H groups in total. The highest BCUT2D eigenvalue weighted by atomic mass is 79.9. The van der Waals surface area contributed by atoms with Crippen LogP contribution in [0.1, 0.15) is 30.0 Å². The molecule has 0 unspecified atom stereocenters. The van der Waals surface area contributed by atoms with Crippen molar-refractivity contribution in [2.75, 3.05) is 13.2 Å². The number of likely N-dealkylation sites (tertiary alicyclic amines) is 1. The first-order chi connectivity index (χ1) is 13.6. The van der Waals surface area contributed by atoms with E-state index >= 15 is 0 Å². The van der Waals surface area contributed by atoms with Crippen LogP contribution in [-0.4, -0.2) is 41.0 Å². The van der Waals surface area contributed by atoms with Crippen molar-refractivity contribution in [3.8, 4) is 0 Å². The van der Waals surface area contributed by atoms with Crippen LogP contribution in [0.5, 0.6) is 0 Å². The van der Waals surface area contributed by atoms with Crippen LogP contribution >= 0.6 is 15.9 Å². The number of ether oxygens (including phenoxy) is 1. The molecule has 2 atom stereocenters. The van der Waals surface area contributed by atoms with Crippen LogP contribution in [0.25, 0.3) is 5.76 Å². The van der Waals surface area contributed by atoms with Crippen LogP contribution in [0.15, 0.2) is 64.6 Å². The fourth-order valence-corrected chi connectivity index (χ4v) is 4.08. The van der Waals surface area contributed by atoms with Gasteiger partial charge in [-0.3, -0.25) is 9.59 Å². The quantitative estimate of drug-likeness (QED) is 0.441. The second-order valence-corrected chi connectivity index (χ2v) is 7.92. The molecule has 0 aliphatic carbocycles. The van der Waals surface area contributed by atoms with Crippen molar-refractivity contribution in [2.24, 2.45) is 0 Å². The van der Waals surface area contributed by atoms with Gasteiger partial charge in [0.2, 0.25) is 0 Å². The smallest absolute Gasteiger partial charge is 0.295 e. The van der Waals surface area contributed by atoms with Gasteiger partial charge in [-0.15, -0.1) is 0 Å². The van der Waals surface area contributed by atoms with Gasteiger partial charge < -0.3 is 14.7 Å². The zero-order valence-corrected chi connectivity index (χ0v) is 16.8. The number of amides is 1. The number of Topliss-reactive ketones (excluding diaryl/α,β-unsaturated/α-hetero) is 1. The van der Waals surface area contributed by atoms with E-state index in [1.165, 1.54) is 4.90 Å². The van der Waals surface area contributed by atoms with Gasteiger partial charge in [0, 0.05) is 23.2 Å². The minimum absolute atomic E-state index is 0.0899. The van der Waals surface area contributed by atoms with Crippen molar-refractivity contribution in [3.05, 3.63) is 75.8 Å². The Balaban J connectivity index is 1.81. The molecule has 28 heavy (non-hydrogen) atoms. The third-order valence-electron chi connectivity index (χ3n) is 5.20. The number of hydrogen-bond acceptors (Lipinski definition) is 4. The van der Waals surface area contributed by atoms with Crippen LogP contribution in [-0.2, 0) is 14.3 Å². The molecule has 0 bridgehead atoms. The van der Waals surface area contributed by atoms with Gasteiger partial charge in [-0.25, -0.2) is 0 Å². The first-order valence-corrected chi connectivity index (χ1v) is 10.1. The number of rotatable bonds is 4. The largest absolute Gasteiger partial charge is 0.507 e. The van der Waals surface area contributed by atoms with E-state index in [0.29, 0.717) is 18.7 Å². The molecule has 5 nitrogen and oxygen atoms in total. The van der Waals surface area contributed by atoms with Crippen LogP contribution in [0.4, 0.5) is 0 Å². The molecule has 1 amide bonds. The highest BCUT2D eigenvalue weighted by Crippen LogP contribution is 2.40. The molecule has 2 heterocycles. The van der Waals surface area contributed by atoms with Gasteiger partial charge in [-0.05, 0) is 30.5 Å². The fraction of sp³-hybridized carbons (Fsp3) is 0.273. The molecule has 4 rings (SSSR count). The average Bonchev–Trinajstić information content (AvgIpc) is 3.31. The Hall–Kier alpha value is -2.44. The van der Waals surface area contributed by atoms with Gasteiger partial charge in [0.05, 0.1) is 17.7 Å². The number of aliphatic hydroxyl groups excluding tert-OH is 1. The minimum atomic E-state index is -0.660. The number of hydrogen-bond donors (Lipinski definition) is 1. The summed E-state index contributed by atoms with van der Waals surface area (Å²) in [4.78, 5) is 27.3. The van der Waals surface area contributed by atoms with Gasteiger partial charge in [0.15, 0.2) is 0 Å². The van der Waals surface area contributed by atoms with E-state index in [0.717, 1.165) is 22.9 Å². The Morgan fingerprint density at radius 1 is 1.11 bits per heavy atom. The molecule has 0 aromatic heterocycles. The maximum absolute atomic E-state index is 12.9. The van der Waals surface area contributed by atoms with Crippen LogP contribution in [0, 0.1) is 0 Å². The Labute approximate surface area is 171 Å². The molecule has 2 saturated heterocycles. The van der Waals surface area contributed by atoms with E-state index in [9.17, 15) is 14.7 Å². The number of nitrogens with zero attached hydrogens (tertiary/aromatic N) is 1. The molecular weight excluding hydrogens is 422 g/mol. The Morgan fingerprint density at radius 2 is 1.82 bits per heavy atom. The topological polar surface area (TPSA) is 66.8 Å². The molecule has 6 heteroatoms. The first-order valence-electron chi connectivity index (χ1n) is 9.27. The summed E-state index contributed by atoms with van der Waals surface area (Å²) in [6.45, 7) is 0.998. The standard InChI is InChI=1S/C22H20BrNO4/c23-16-10-8-14(9-11-16)19-18(20(25)15-5-2-1-3-6-15)21(26)22(27)24(19)13-17-7-4-12-28-17/h1-3,5-6,8-11,17,19,25H,4,7,12-13H2/b20-18+/t17-,19+/m1/s1. The normalized spacial score (nSPS) is 24.1. The van der Waals surface area contributed by atoms with E-state index < -0.39 is 17.7 Å². The maximum atomic E-state index is 12.9. The van der Waals surface area contributed by atoms with Gasteiger partial charge in [-0.1, -0.05) is 58.4 Å². The highest BCUT2D eigenvalue weighted by Gasteiger charge is 2.46. The van der Waals surface area contributed by atoms with Crippen molar-refractivity contribution >= 4 is 33.4 Å². The van der Waals surface area contributed by atoms with Crippen LogP contribution in [0.2, 0.25) is 0 Å². The van der Waals surface area contributed by atoms with Crippen molar-refractivity contribution in [2.45, 2.75) is 25.0 Å². The van der Waals surface area contributed by atoms with Crippen LogP contribution < -0.4 is 0 Å². The van der Waals surface area contributed by atoms with E-state index in [1.54, 1.807) is 24.3 Å². The fourth-order valence-electron chi connectivity index (χ4n) is 3.82. The Bertz CT molecular complexity index is 917. The van der Waals surface area contributed by atoms with E-state index in [4.69, 9.17) is 4.74 Å². The van der Waals surface area contributed by atoms with Crippen molar-refractivity contribution in [1.29, 1.82) is 0 Å². The summed E-state index contributed by atoms with van der Waals surface area (Å²) in [7, 11) is 0. The molecule has 0 radical (unpaired) electrons. The minimum Gasteiger partial charge on any atom is -0.507 e. The second-order valence-electron chi connectivity index (χ2n) is 7.00. The molecule has 2 aromatic carbocycles. The number of aliphatic hydroxyl groups is 1. The third kappa shape index (κ3) is 3.50. The molecule has 2 fully saturated rings. The lowest BCUT2D eigenvalue weighted by Crippen LogP contribution is -2.36. The van der Waals surface area contributed by atoms with Gasteiger partial charge >= 0.3 is 0 Å². The molecule has 0 saturated carbocycles. The summed E-state index contributed by atoms with van der Waals surface area (Å²) in [6, 6.07) is 15.7. The zero-order valence-electron chi connectivity index (χ0n) is 15.2. The maximum Gasteiger partial charge on any atom is 0.295 e. The third-order valence-corrected chi connectivity index (χ3v) is 5.73. The Kier molecular flexibility index (Phi) is 5.33. The first kappa shape index (κ1) is 18.9. The predicted octanol–water partition coefficient (Wildman–Crippen LogP) is 4.05. The molecule has 2 aliphatic heterocycles. The lowest BCUT2D eigenvalue weighted by Gasteiger charge is -2.27. The van der Waals surface area contributed by atoms with Gasteiger partial charge in [0.1, 0.15) is 5.76 Å². The van der Waals surface area contributed by atoms with Crippen molar-refractivity contribution in [3.63, 3.8) is 0 Å². The number of benzene rings is 2.